The van der Waals surface area contributed by atoms with E-state index in [1.165, 1.54) is 0 Å². The van der Waals surface area contributed by atoms with Crippen molar-refractivity contribution in [1.82, 2.24) is 0 Å². The summed E-state index contributed by atoms with van der Waals surface area (Å²) in [5.41, 5.74) is 3.17. The van der Waals surface area contributed by atoms with Crippen LogP contribution in [0.15, 0.2) is 89.2 Å². The van der Waals surface area contributed by atoms with Crippen molar-refractivity contribution in [3.63, 3.8) is 0 Å². The fourth-order valence-corrected chi connectivity index (χ4v) is 7.43. The van der Waals surface area contributed by atoms with Crippen molar-refractivity contribution in [2.24, 2.45) is 0 Å². The minimum Gasteiger partial charge on any atom is -0.308 e. The van der Waals surface area contributed by atoms with Crippen molar-refractivity contribution >= 4 is 39.3 Å². The van der Waals surface area contributed by atoms with E-state index in [0.29, 0.717) is 0 Å². The maximum Gasteiger partial charge on any atom is 0.178 e. The summed E-state index contributed by atoms with van der Waals surface area (Å²) in [6.45, 7) is 0. The van der Waals surface area contributed by atoms with Gasteiger partial charge in [0.2, 0.25) is 0 Å². The van der Waals surface area contributed by atoms with E-state index < -0.39 is 7.14 Å². The molecule has 4 rings (SSSR count). The van der Waals surface area contributed by atoms with E-state index in [2.05, 4.69) is 34.1 Å². The second kappa shape index (κ2) is 5.63. The fourth-order valence-electron chi connectivity index (χ4n) is 3.10. The molecule has 0 saturated heterocycles. The lowest BCUT2D eigenvalue weighted by atomic mass is 10.00. The normalized spacial score (nSPS) is 19.7. The van der Waals surface area contributed by atoms with Crippen LogP contribution in [0.1, 0.15) is 11.1 Å². The van der Waals surface area contributed by atoms with Gasteiger partial charge in [0.15, 0.2) is 7.14 Å². The molecule has 1 heterocycles. The average molecular weight is 381 g/mol. The monoisotopic (exact) mass is 380 g/mol. The van der Waals surface area contributed by atoms with E-state index in [-0.39, 0.29) is 0 Å². The largest absolute Gasteiger partial charge is 0.308 e. The molecule has 1 atom stereocenters. The van der Waals surface area contributed by atoms with Crippen molar-refractivity contribution in [3.05, 3.63) is 100 Å². The van der Waals surface area contributed by atoms with E-state index in [1.54, 1.807) is 0 Å². The Balaban J connectivity index is 2.06. The summed E-state index contributed by atoms with van der Waals surface area (Å²) >= 11 is 3.70. The molecule has 0 saturated carbocycles. The molecule has 3 aromatic rings. The fraction of sp³-hybridized carbons (Fsp3) is 0. The summed E-state index contributed by atoms with van der Waals surface area (Å²) in [5, 5.41) is 1.78. The van der Waals surface area contributed by atoms with E-state index in [0.717, 1.165) is 31.5 Å². The Hall–Kier alpha value is -1.89. The van der Waals surface area contributed by atoms with Gasteiger partial charge in [-0.25, -0.2) is 0 Å². The third-order valence-electron chi connectivity index (χ3n) is 4.18. The molecule has 0 spiro atoms. The van der Waals surface area contributed by atoms with Crippen LogP contribution < -0.4 is 10.6 Å². The van der Waals surface area contributed by atoms with Gasteiger partial charge in [-0.15, -0.1) is 0 Å². The van der Waals surface area contributed by atoms with E-state index >= 15 is 0 Å². The highest BCUT2D eigenvalue weighted by Crippen LogP contribution is 2.63. The predicted molar refractivity (Wildman–Crippen MR) is 101 cm³/mol. The first-order valence-electron chi connectivity index (χ1n) is 7.44. The summed E-state index contributed by atoms with van der Waals surface area (Å²) in [7, 11) is -2.83. The van der Waals surface area contributed by atoms with Crippen molar-refractivity contribution in [1.29, 1.82) is 0 Å². The first kappa shape index (κ1) is 14.7. The van der Waals surface area contributed by atoms with Crippen molar-refractivity contribution in [2.45, 2.75) is 0 Å². The lowest BCUT2D eigenvalue weighted by Gasteiger charge is -2.14. The van der Waals surface area contributed by atoms with E-state index in [9.17, 15) is 4.57 Å². The Morgan fingerprint density at radius 1 is 0.696 bits per heavy atom. The predicted octanol–water partition coefficient (Wildman–Crippen LogP) is 5.13. The minimum atomic E-state index is -2.83. The molecule has 0 amide bonds. The molecular weight excluding hydrogens is 367 g/mol. The molecule has 112 valence electrons. The van der Waals surface area contributed by atoms with Gasteiger partial charge >= 0.3 is 0 Å². The van der Waals surface area contributed by atoms with Crippen LogP contribution in [-0.2, 0) is 4.57 Å². The highest BCUT2D eigenvalue weighted by molar-refractivity contribution is 9.13. The SMILES string of the molecule is O=P1(c2ccccc2)C(Br)=C(c2ccccc2)c2ccccc21. The molecule has 1 unspecified atom stereocenters. The Bertz CT molecular complexity index is 946. The molecule has 0 aromatic heterocycles. The van der Waals surface area contributed by atoms with Crippen LogP contribution in [-0.4, -0.2) is 0 Å². The van der Waals surface area contributed by atoms with Gasteiger partial charge in [0.1, 0.15) is 0 Å². The van der Waals surface area contributed by atoms with Gasteiger partial charge in [0, 0.05) is 16.2 Å². The molecule has 0 aliphatic carbocycles. The van der Waals surface area contributed by atoms with Gasteiger partial charge in [0.05, 0.1) is 4.22 Å². The molecule has 0 fully saturated rings. The first-order chi connectivity index (χ1) is 11.2. The smallest absolute Gasteiger partial charge is 0.178 e. The Morgan fingerprint density at radius 3 is 1.96 bits per heavy atom. The summed E-state index contributed by atoms with van der Waals surface area (Å²) < 4.78 is 14.8. The Kier molecular flexibility index (Phi) is 3.60. The molecule has 0 bridgehead atoms. The van der Waals surface area contributed by atoms with Crippen LogP contribution in [0.5, 0.6) is 0 Å². The topological polar surface area (TPSA) is 17.1 Å². The first-order valence-corrected chi connectivity index (χ1v) is 9.94. The van der Waals surface area contributed by atoms with Crippen molar-refractivity contribution < 1.29 is 4.57 Å². The van der Waals surface area contributed by atoms with Crippen LogP contribution in [0.2, 0.25) is 0 Å². The molecule has 0 N–H and O–H groups in total. The molecule has 1 aliphatic heterocycles. The highest BCUT2D eigenvalue weighted by atomic mass is 79.9. The van der Waals surface area contributed by atoms with Gasteiger partial charge in [-0.05, 0) is 27.1 Å². The number of hydrogen-bond acceptors (Lipinski definition) is 1. The van der Waals surface area contributed by atoms with Crippen molar-refractivity contribution in [2.75, 3.05) is 0 Å². The lowest BCUT2D eigenvalue weighted by molar-refractivity contribution is 0.592. The lowest BCUT2D eigenvalue weighted by Crippen LogP contribution is -2.14. The molecule has 0 radical (unpaired) electrons. The average Bonchev–Trinajstić information content (AvgIpc) is 2.86. The number of fused-ring (bicyclic) bond motifs is 1. The zero-order valence-corrected chi connectivity index (χ0v) is 14.8. The molecule has 1 nitrogen and oxygen atoms in total. The second-order valence-electron chi connectivity index (χ2n) is 5.49. The van der Waals surface area contributed by atoms with Gasteiger partial charge in [-0.1, -0.05) is 84.9 Å². The van der Waals surface area contributed by atoms with Crippen LogP contribution in [0.3, 0.4) is 0 Å². The highest BCUT2D eigenvalue weighted by Gasteiger charge is 2.41. The van der Waals surface area contributed by atoms with E-state index in [4.69, 9.17) is 0 Å². The Labute approximate surface area is 144 Å². The molecule has 23 heavy (non-hydrogen) atoms. The van der Waals surface area contributed by atoms with Gasteiger partial charge in [-0.2, -0.15) is 0 Å². The van der Waals surface area contributed by atoms with Crippen molar-refractivity contribution in [3.8, 4) is 0 Å². The zero-order chi connectivity index (χ0) is 15.9. The molecule has 3 aromatic carbocycles. The maximum atomic E-state index is 14.0. The van der Waals surface area contributed by atoms with Crippen LogP contribution in [0, 0.1) is 0 Å². The molecule has 3 heteroatoms. The third kappa shape index (κ3) is 2.17. The number of hydrogen-bond donors (Lipinski definition) is 0. The summed E-state index contributed by atoms with van der Waals surface area (Å²) in [6.07, 6.45) is 0. The van der Waals surface area contributed by atoms with Crippen LogP contribution in [0.25, 0.3) is 5.57 Å². The number of benzene rings is 3. The number of rotatable bonds is 2. The number of halogens is 1. The van der Waals surface area contributed by atoms with Gasteiger partial charge in [0.25, 0.3) is 0 Å². The van der Waals surface area contributed by atoms with Crippen LogP contribution >= 0.6 is 23.1 Å². The van der Waals surface area contributed by atoms with Gasteiger partial charge < -0.3 is 4.57 Å². The zero-order valence-electron chi connectivity index (χ0n) is 12.3. The third-order valence-corrected chi connectivity index (χ3v) is 8.94. The minimum absolute atomic E-state index is 0.795. The molecule has 1 aliphatic rings. The molecular formula is C20H14BrOP. The summed E-state index contributed by atoms with van der Waals surface area (Å²) in [5.74, 6) is 0. The summed E-state index contributed by atoms with van der Waals surface area (Å²) in [4.78, 5) is 0. The quantitative estimate of drug-likeness (QED) is 0.563. The van der Waals surface area contributed by atoms with Gasteiger partial charge in [-0.3, -0.25) is 0 Å². The maximum absolute atomic E-state index is 14.0. The van der Waals surface area contributed by atoms with E-state index in [1.807, 2.05) is 66.7 Å². The summed E-state index contributed by atoms with van der Waals surface area (Å²) in [6, 6.07) is 27.9. The second-order valence-corrected chi connectivity index (χ2v) is 9.56. The standard InChI is InChI=1S/C20H14BrOP/c21-20-19(15-9-3-1-4-10-15)17-13-7-8-14-18(17)23(20,22)16-11-5-2-6-12-16/h1-14H. The Morgan fingerprint density at radius 2 is 1.26 bits per heavy atom. The van der Waals surface area contributed by atoms with Crippen LogP contribution in [0.4, 0.5) is 0 Å².